The van der Waals surface area contributed by atoms with E-state index in [0.29, 0.717) is 0 Å². The van der Waals surface area contributed by atoms with E-state index >= 15 is 0 Å². The number of rotatable bonds is 5. The van der Waals surface area contributed by atoms with Crippen LogP contribution in [0.15, 0.2) is 18.2 Å². The molecule has 0 bridgehead atoms. The van der Waals surface area contributed by atoms with Crippen molar-refractivity contribution in [3.05, 3.63) is 28.0 Å². The van der Waals surface area contributed by atoms with Gasteiger partial charge in [0.2, 0.25) is 0 Å². The van der Waals surface area contributed by atoms with Gasteiger partial charge in [0.1, 0.15) is 11.5 Å². The van der Waals surface area contributed by atoms with Crippen LogP contribution in [0.2, 0.25) is 0 Å². The summed E-state index contributed by atoms with van der Waals surface area (Å²) in [7, 11) is 0. The minimum atomic E-state index is 0.140. The third kappa shape index (κ3) is 3.17. The van der Waals surface area contributed by atoms with E-state index in [1.165, 1.54) is 24.5 Å². The lowest BCUT2D eigenvalue weighted by Crippen LogP contribution is -2.08. The molecule has 0 amide bonds. The first kappa shape index (κ1) is 17.3. The molecule has 2 nitrogen and oxygen atoms in total. The molecule has 2 aromatic heterocycles. The number of allylic oxidation sites excluding steroid dienone is 1. The number of ether oxygens (including phenoxy) is 2. The molecule has 0 atom stereocenters. The second kappa shape index (κ2) is 6.77. The van der Waals surface area contributed by atoms with Crippen LogP contribution >= 0.6 is 22.7 Å². The summed E-state index contributed by atoms with van der Waals surface area (Å²) in [4.78, 5) is 2.50. The SMILES string of the molecule is C/C=C/c1cc2c(OC(C)C)c3sc(C)cc3c(OC(C)C)c2s1. The van der Waals surface area contributed by atoms with E-state index in [2.05, 4.69) is 58.9 Å². The topological polar surface area (TPSA) is 18.5 Å². The summed E-state index contributed by atoms with van der Waals surface area (Å²) in [6, 6.07) is 4.44. The first-order valence-electron chi connectivity index (χ1n) is 8.36. The Balaban J connectivity index is 2.40. The largest absolute Gasteiger partial charge is 0.489 e. The van der Waals surface area contributed by atoms with Crippen molar-refractivity contribution < 1.29 is 9.47 Å². The molecular formula is C20H24O2S2. The van der Waals surface area contributed by atoms with Crippen LogP contribution in [0.5, 0.6) is 11.5 Å². The molecule has 4 heteroatoms. The highest BCUT2D eigenvalue weighted by molar-refractivity contribution is 7.22. The van der Waals surface area contributed by atoms with Crippen molar-refractivity contribution in [1.29, 1.82) is 0 Å². The molecule has 2 heterocycles. The molecule has 1 aromatic carbocycles. The summed E-state index contributed by atoms with van der Waals surface area (Å²) in [5, 5.41) is 2.33. The van der Waals surface area contributed by atoms with Gasteiger partial charge in [0.25, 0.3) is 0 Å². The average molecular weight is 361 g/mol. The number of thiophene rings is 2. The molecule has 0 saturated heterocycles. The Morgan fingerprint density at radius 2 is 1.42 bits per heavy atom. The normalized spacial score (nSPS) is 12.3. The number of hydrogen-bond donors (Lipinski definition) is 0. The van der Waals surface area contributed by atoms with Gasteiger partial charge in [-0.3, -0.25) is 0 Å². The summed E-state index contributed by atoms with van der Waals surface area (Å²) in [5.74, 6) is 1.99. The van der Waals surface area contributed by atoms with Crippen molar-refractivity contribution in [2.45, 2.75) is 53.8 Å². The summed E-state index contributed by atoms with van der Waals surface area (Å²) in [5.41, 5.74) is 0. The highest BCUT2D eigenvalue weighted by atomic mass is 32.1. The van der Waals surface area contributed by atoms with E-state index < -0.39 is 0 Å². The molecular weight excluding hydrogens is 336 g/mol. The van der Waals surface area contributed by atoms with Gasteiger partial charge in [0.15, 0.2) is 0 Å². The Labute approximate surface area is 151 Å². The zero-order valence-electron chi connectivity index (χ0n) is 15.1. The summed E-state index contributed by atoms with van der Waals surface area (Å²) in [6.45, 7) is 12.5. The van der Waals surface area contributed by atoms with Gasteiger partial charge in [-0.2, -0.15) is 0 Å². The van der Waals surface area contributed by atoms with Crippen LogP contribution in [0.25, 0.3) is 26.2 Å². The molecule has 0 spiro atoms. The van der Waals surface area contributed by atoms with Crippen molar-refractivity contribution in [3.8, 4) is 11.5 Å². The fraction of sp³-hybridized carbons (Fsp3) is 0.400. The number of benzene rings is 1. The lowest BCUT2D eigenvalue weighted by Gasteiger charge is -2.16. The molecule has 0 aliphatic carbocycles. The van der Waals surface area contributed by atoms with Crippen molar-refractivity contribution >= 4 is 48.9 Å². The minimum absolute atomic E-state index is 0.140. The van der Waals surface area contributed by atoms with Gasteiger partial charge >= 0.3 is 0 Å². The molecule has 0 saturated carbocycles. The Bertz CT molecular complexity index is 833. The van der Waals surface area contributed by atoms with Crippen LogP contribution in [0, 0.1) is 6.92 Å². The molecule has 24 heavy (non-hydrogen) atoms. The fourth-order valence-electron chi connectivity index (χ4n) is 2.80. The van der Waals surface area contributed by atoms with Crippen LogP contribution in [0.3, 0.4) is 0 Å². The lowest BCUT2D eigenvalue weighted by atomic mass is 10.1. The van der Waals surface area contributed by atoms with Crippen LogP contribution < -0.4 is 9.47 Å². The number of hydrogen-bond acceptors (Lipinski definition) is 4. The highest BCUT2D eigenvalue weighted by Gasteiger charge is 2.21. The summed E-state index contributed by atoms with van der Waals surface area (Å²) >= 11 is 3.55. The lowest BCUT2D eigenvalue weighted by molar-refractivity contribution is 0.244. The van der Waals surface area contributed by atoms with Gasteiger partial charge in [-0.1, -0.05) is 6.08 Å². The van der Waals surface area contributed by atoms with Gasteiger partial charge in [0.05, 0.1) is 21.6 Å². The third-order valence-electron chi connectivity index (χ3n) is 3.55. The molecule has 3 rings (SSSR count). The van der Waals surface area contributed by atoms with E-state index in [1.54, 1.807) is 22.7 Å². The molecule has 0 aliphatic rings. The molecule has 0 fully saturated rings. The molecule has 3 aromatic rings. The van der Waals surface area contributed by atoms with Crippen LogP contribution in [0.1, 0.15) is 44.4 Å². The van der Waals surface area contributed by atoms with Gasteiger partial charge < -0.3 is 9.47 Å². The Kier molecular flexibility index (Phi) is 4.88. The van der Waals surface area contributed by atoms with Crippen LogP contribution in [-0.2, 0) is 0 Å². The first-order valence-corrected chi connectivity index (χ1v) is 9.99. The Morgan fingerprint density at radius 1 is 0.875 bits per heavy atom. The molecule has 0 radical (unpaired) electrons. The Hall–Kier alpha value is -1.52. The van der Waals surface area contributed by atoms with Gasteiger partial charge in [-0.05, 0) is 59.8 Å². The smallest absolute Gasteiger partial charge is 0.146 e. The highest BCUT2D eigenvalue weighted by Crippen LogP contribution is 2.50. The standard InChI is InChI=1S/C20H24O2S2/c1-7-8-14-10-16-18(22-12(4)5)19-15(9-13(6)23-19)17(20(16)24-14)21-11(2)3/h7-12H,1-6H3/b8-7+. The number of fused-ring (bicyclic) bond motifs is 2. The maximum Gasteiger partial charge on any atom is 0.146 e. The molecule has 128 valence electrons. The first-order chi connectivity index (χ1) is 11.4. The molecule has 0 aliphatic heterocycles. The number of aryl methyl sites for hydroxylation is 1. The van der Waals surface area contributed by atoms with Crippen molar-refractivity contribution in [2.75, 3.05) is 0 Å². The van der Waals surface area contributed by atoms with E-state index in [-0.39, 0.29) is 12.2 Å². The monoisotopic (exact) mass is 360 g/mol. The fourth-order valence-corrected chi connectivity index (χ4v) is 4.94. The molecule has 0 unspecified atom stereocenters. The van der Waals surface area contributed by atoms with E-state index in [9.17, 15) is 0 Å². The van der Waals surface area contributed by atoms with Crippen molar-refractivity contribution in [2.24, 2.45) is 0 Å². The summed E-state index contributed by atoms with van der Waals surface area (Å²) in [6.07, 6.45) is 4.49. The third-order valence-corrected chi connectivity index (χ3v) is 5.69. The van der Waals surface area contributed by atoms with Gasteiger partial charge in [-0.15, -0.1) is 22.7 Å². The maximum atomic E-state index is 6.24. The Morgan fingerprint density at radius 3 is 1.96 bits per heavy atom. The summed E-state index contributed by atoms with van der Waals surface area (Å²) < 4.78 is 14.9. The van der Waals surface area contributed by atoms with Gasteiger partial charge in [-0.25, -0.2) is 0 Å². The second-order valence-corrected chi connectivity index (χ2v) is 8.82. The van der Waals surface area contributed by atoms with Gasteiger partial charge in [0, 0.05) is 20.5 Å². The van der Waals surface area contributed by atoms with Crippen molar-refractivity contribution in [1.82, 2.24) is 0 Å². The second-order valence-electron chi connectivity index (χ2n) is 6.48. The minimum Gasteiger partial charge on any atom is -0.489 e. The predicted molar refractivity (Wildman–Crippen MR) is 108 cm³/mol. The van der Waals surface area contributed by atoms with E-state index in [1.807, 2.05) is 6.92 Å². The van der Waals surface area contributed by atoms with Crippen LogP contribution in [-0.4, -0.2) is 12.2 Å². The molecule has 0 N–H and O–H groups in total. The van der Waals surface area contributed by atoms with Crippen molar-refractivity contribution in [3.63, 3.8) is 0 Å². The zero-order valence-corrected chi connectivity index (χ0v) is 16.7. The van der Waals surface area contributed by atoms with E-state index in [0.717, 1.165) is 16.9 Å². The average Bonchev–Trinajstić information content (AvgIpc) is 3.06. The predicted octanol–water partition coefficient (Wildman–Crippen LogP) is 7.03. The van der Waals surface area contributed by atoms with Crippen LogP contribution in [0.4, 0.5) is 0 Å². The zero-order chi connectivity index (χ0) is 17.4. The van der Waals surface area contributed by atoms with E-state index in [4.69, 9.17) is 9.47 Å². The maximum absolute atomic E-state index is 6.24. The quantitative estimate of drug-likeness (QED) is 0.486.